The molecular weight excluding hydrogens is 303 g/mol. The van der Waals surface area contributed by atoms with Crippen LogP contribution in [-0.2, 0) is 6.18 Å². The molecule has 1 aromatic heterocycles. The zero-order chi connectivity index (χ0) is 16.8. The van der Waals surface area contributed by atoms with Gasteiger partial charge in [-0.05, 0) is 60.4 Å². The predicted octanol–water partition coefficient (Wildman–Crippen LogP) is 5.24. The topological polar surface area (TPSA) is 33.1 Å². The van der Waals surface area contributed by atoms with Crippen molar-refractivity contribution in [3.05, 3.63) is 59.3 Å². The number of hydrogen-bond acceptors (Lipinski definition) is 2. The molecule has 2 nitrogen and oxygen atoms in total. The highest BCUT2D eigenvalue weighted by molar-refractivity contribution is 5.97. The average Bonchev–Trinajstić information content (AvgIpc) is 2.47. The SMILES string of the molecule is Cc1cc(C(F)(F)F)c2c(-c3ccc(C)c(O)c3)ccnc2c1. The van der Waals surface area contributed by atoms with Crippen LogP contribution in [0.15, 0.2) is 42.6 Å². The number of phenols is 1. The Balaban J connectivity index is 2.40. The highest BCUT2D eigenvalue weighted by Crippen LogP contribution is 2.40. The maximum atomic E-state index is 13.5. The largest absolute Gasteiger partial charge is 0.508 e. The summed E-state index contributed by atoms with van der Waals surface area (Å²) in [6.45, 7) is 3.34. The summed E-state index contributed by atoms with van der Waals surface area (Å²) in [6.07, 6.45) is -3.00. The Morgan fingerprint density at radius 1 is 1.00 bits per heavy atom. The number of pyridine rings is 1. The fourth-order valence-electron chi connectivity index (χ4n) is 2.67. The first-order chi connectivity index (χ1) is 10.8. The fourth-order valence-corrected chi connectivity index (χ4v) is 2.67. The van der Waals surface area contributed by atoms with E-state index in [1.807, 2.05) is 0 Å². The third-order valence-electron chi connectivity index (χ3n) is 3.81. The number of rotatable bonds is 1. The molecule has 23 heavy (non-hydrogen) atoms. The monoisotopic (exact) mass is 317 g/mol. The van der Waals surface area contributed by atoms with E-state index in [1.165, 1.54) is 18.3 Å². The maximum absolute atomic E-state index is 13.5. The molecule has 3 aromatic rings. The summed E-state index contributed by atoms with van der Waals surface area (Å²) < 4.78 is 40.4. The molecule has 0 spiro atoms. The molecule has 5 heteroatoms. The van der Waals surface area contributed by atoms with Crippen molar-refractivity contribution in [2.24, 2.45) is 0 Å². The van der Waals surface area contributed by atoms with Gasteiger partial charge in [0.1, 0.15) is 5.75 Å². The fraction of sp³-hybridized carbons (Fsp3) is 0.167. The van der Waals surface area contributed by atoms with Gasteiger partial charge in [0.2, 0.25) is 0 Å². The lowest BCUT2D eigenvalue weighted by Gasteiger charge is -2.15. The summed E-state index contributed by atoms with van der Waals surface area (Å²) >= 11 is 0. The van der Waals surface area contributed by atoms with Gasteiger partial charge in [-0.3, -0.25) is 4.98 Å². The lowest BCUT2D eigenvalue weighted by atomic mass is 9.95. The van der Waals surface area contributed by atoms with Crippen molar-refractivity contribution in [2.45, 2.75) is 20.0 Å². The summed E-state index contributed by atoms with van der Waals surface area (Å²) in [7, 11) is 0. The van der Waals surface area contributed by atoms with Crippen LogP contribution in [0.4, 0.5) is 13.2 Å². The molecule has 2 aromatic carbocycles. The number of halogens is 3. The van der Waals surface area contributed by atoms with E-state index in [0.717, 1.165) is 6.07 Å². The van der Waals surface area contributed by atoms with Gasteiger partial charge < -0.3 is 5.11 Å². The van der Waals surface area contributed by atoms with Crippen LogP contribution in [0.2, 0.25) is 0 Å². The van der Waals surface area contributed by atoms with Crippen molar-refractivity contribution in [3.63, 3.8) is 0 Å². The molecule has 0 fully saturated rings. The average molecular weight is 317 g/mol. The van der Waals surface area contributed by atoms with E-state index in [0.29, 0.717) is 22.3 Å². The first-order valence-corrected chi connectivity index (χ1v) is 7.04. The second-order valence-electron chi connectivity index (χ2n) is 5.56. The van der Waals surface area contributed by atoms with Gasteiger partial charge in [0.25, 0.3) is 0 Å². The smallest absolute Gasteiger partial charge is 0.417 e. The van der Waals surface area contributed by atoms with Crippen molar-refractivity contribution in [1.82, 2.24) is 4.98 Å². The van der Waals surface area contributed by atoms with E-state index in [-0.39, 0.29) is 16.7 Å². The van der Waals surface area contributed by atoms with Crippen LogP contribution in [0, 0.1) is 13.8 Å². The Morgan fingerprint density at radius 2 is 1.74 bits per heavy atom. The van der Waals surface area contributed by atoms with E-state index in [9.17, 15) is 18.3 Å². The number of hydrogen-bond donors (Lipinski definition) is 1. The summed E-state index contributed by atoms with van der Waals surface area (Å²) in [5, 5.41) is 9.92. The van der Waals surface area contributed by atoms with Crippen LogP contribution in [-0.4, -0.2) is 10.1 Å². The minimum atomic E-state index is -4.48. The molecule has 0 aliphatic carbocycles. The van der Waals surface area contributed by atoms with Gasteiger partial charge in [0.15, 0.2) is 0 Å². The Labute approximate surface area is 131 Å². The molecule has 3 rings (SSSR count). The van der Waals surface area contributed by atoms with Crippen molar-refractivity contribution in [3.8, 4) is 16.9 Å². The van der Waals surface area contributed by atoms with Crippen molar-refractivity contribution < 1.29 is 18.3 Å². The summed E-state index contributed by atoms with van der Waals surface area (Å²) in [5.41, 5.74) is 1.67. The standard InChI is InChI=1S/C18H14F3NO/c1-10-7-14(18(19,20)21)17-13(5-6-22-15(17)8-10)12-4-3-11(2)16(23)9-12/h3-9,23H,1-2H3. The van der Waals surface area contributed by atoms with E-state index < -0.39 is 11.7 Å². The highest BCUT2D eigenvalue weighted by Gasteiger charge is 2.34. The van der Waals surface area contributed by atoms with Gasteiger partial charge in [0.05, 0.1) is 11.1 Å². The molecule has 1 N–H and O–H groups in total. The third-order valence-corrected chi connectivity index (χ3v) is 3.81. The van der Waals surface area contributed by atoms with Crippen LogP contribution in [0.5, 0.6) is 5.75 Å². The van der Waals surface area contributed by atoms with Crippen molar-refractivity contribution in [2.75, 3.05) is 0 Å². The molecule has 0 bridgehead atoms. The van der Waals surface area contributed by atoms with Crippen LogP contribution in [0.1, 0.15) is 16.7 Å². The molecule has 0 atom stereocenters. The number of aromatic nitrogens is 1. The number of nitrogens with zero attached hydrogens (tertiary/aromatic N) is 1. The van der Waals surface area contributed by atoms with Gasteiger partial charge in [-0.25, -0.2) is 0 Å². The van der Waals surface area contributed by atoms with E-state index in [2.05, 4.69) is 4.98 Å². The molecule has 0 saturated heterocycles. The number of alkyl halides is 3. The zero-order valence-corrected chi connectivity index (χ0v) is 12.6. The number of phenolic OH excluding ortho intramolecular Hbond substituents is 1. The second-order valence-corrected chi connectivity index (χ2v) is 5.56. The van der Waals surface area contributed by atoms with Crippen LogP contribution >= 0.6 is 0 Å². The van der Waals surface area contributed by atoms with Crippen LogP contribution < -0.4 is 0 Å². The summed E-state index contributed by atoms with van der Waals surface area (Å²) in [5.74, 6) is 0.0492. The maximum Gasteiger partial charge on any atom is 0.417 e. The highest BCUT2D eigenvalue weighted by atomic mass is 19.4. The van der Waals surface area contributed by atoms with Gasteiger partial charge in [-0.15, -0.1) is 0 Å². The predicted molar refractivity (Wildman–Crippen MR) is 83.3 cm³/mol. The lowest BCUT2D eigenvalue weighted by Crippen LogP contribution is -2.07. The Hall–Kier alpha value is -2.56. The van der Waals surface area contributed by atoms with Crippen LogP contribution in [0.25, 0.3) is 22.0 Å². The lowest BCUT2D eigenvalue weighted by molar-refractivity contribution is -0.136. The molecular formula is C18H14F3NO. The van der Waals surface area contributed by atoms with Gasteiger partial charge in [0, 0.05) is 11.6 Å². The number of aromatic hydroxyl groups is 1. The minimum absolute atomic E-state index is 0.0492. The van der Waals surface area contributed by atoms with Gasteiger partial charge >= 0.3 is 6.18 Å². The molecule has 1 heterocycles. The molecule has 0 saturated carbocycles. The molecule has 0 aliphatic rings. The third kappa shape index (κ3) is 2.74. The number of benzene rings is 2. The molecule has 0 unspecified atom stereocenters. The summed E-state index contributed by atoms with van der Waals surface area (Å²) in [6, 6.07) is 9.15. The van der Waals surface area contributed by atoms with Gasteiger partial charge in [-0.2, -0.15) is 13.2 Å². The Bertz CT molecular complexity index is 901. The quantitative estimate of drug-likeness (QED) is 0.665. The molecule has 0 radical (unpaired) electrons. The molecule has 118 valence electrons. The van der Waals surface area contributed by atoms with Gasteiger partial charge in [-0.1, -0.05) is 12.1 Å². The first kappa shape index (κ1) is 15.3. The Kier molecular flexibility index (Phi) is 3.51. The van der Waals surface area contributed by atoms with E-state index in [1.54, 1.807) is 32.0 Å². The van der Waals surface area contributed by atoms with Crippen molar-refractivity contribution >= 4 is 10.9 Å². The minimum Gasteiger partial charge on any atom is -0.508 e. The van der Waals surface area contributed by atoms with Crippen molar-refractivity contribution in [1.29, 1.82) is 0 Å². The second kappa shape index (κ2) is 5.26. The summed E-state index contributed by atoms with van der Waals surface area (Å²) in [4.78, 5) is 4.08. The zero-order valence-electron chi connectivity index (χ0n) is 12.6. The number of fused-ring (bicyclic) bond motifs is 1. The van der Waals surface area contributed by atoms with Crippen LogP contribution in [0.3, 0.4) is 0 Å². The van der Waals surface area contributed by atoms with E-state index >= 15 is 0 Å². The number of aryl methyl sites for hydroxylation is 2. The normalized spacial score (nSPS) is 11.9. The Morgan fingerprint density at radius 3 is 2.39 bits per heavy atom. The molecule has 0 aliphatic heterocycles. The first-order valence-electron chi connectivity index (χ1n) is 7.04. The van der Waals surface area contributed by atoms with E-state index in [4.69, 9.17) is 0 Å². The molecule has 0 amide bonds.